The van der Waals surface area contributed by atoms with Gasteiger partial charge in [-0.05, 0) is 68.6 Å². The molecule has 0 atom stereocenters. The summed E-state index contributed by atoms with van der Waals surface area (Å²) in [5.74, 6) is -0.0931. The molecule has 0 spiro atoms. The van der Waals surface area contributed by atoms with Gasteiger partial charge in [-0.15, -0.1) is 22.7 Å². The summed E-state index contributed by atoms with van der Waals surface area (Å²) in [7, 11) is 1.58. The minimum absolute atomic E-state index is 0.102. The molecule has 10 heteroatoms. The molecule has 2 heterocycles. The maximum Gasteiger partial charge on any atom is 0.341 e. The Bertz CT molecular complexity index is 1220. The summed E-state index contributed by atoms with van der Waals surface area (Å²) < 4.78 is 11.3. The average Bonchev–Trinajstić information content (AvgIpc) is 3.30. The molecule has 2 aromatic heterocycles. The van der Waals surface area contributed by atoms with Crippen LogP contribution in [-0.4, -0.2) is 30.7 Å². The molecule has 6 nitrogen and oxygen atoms in total. The second kappa shape index (κ2) is 9.74. The van der Waals surface area contributed by atoms with Crippen molar-refractivity contribution in [3.63, 3.8) is 0 Å². The minimum atomic E-state index is -0.410. The number of anilines is 1. The van der Waals surface area contributed by atoms with Gasteiger partial charge < -0.3 is 14.8 Å². The number of benzene rings is 1. The molecule has 0 aliphatic heterocycles. The normalized spacial score (nSPS) is 12.8. The van der Waals surface area contributed by atoms with Gasteiger partial charge in [0.2, 0.25) is 0 Å². The van der Waals surface area contributed by atoms with E-state index in [1.807, 2.05) is 12.1 Å². The second-order valence-electron chi connectivity index (χ2n) is 7.15. The number of carbonyl (C=O) groups is 2. The number of nitrogens with one attached hydrogen (secondary N) is 2. The van der Waals surface area contributed by atoms with E-state index in [1.165, 1.54) is 22.7 Å². The number of methoxy groups -OCH3 is 1. The van der Waals surface area contributed by atoms with Crippen LogP contribution in [0, 0.1) is 0 Å². The van der Waals surface area contributed by atoms with Gasteiger partial charge in [-0.3, -0.25) is 10.1 Å². The quantitative estimate of drug-likeness (QED) is 0.334. The smallest absolute Gasteiger partial charge is 0.341 e. The molecular formula is C22H21ClN2O4S3. The first kappa shape index (κ1) is 23.0. The molecule has 32 heavy (non-hydrogen) atoms. The number of thiocarbonyl (C=S) groups is 1. The summed E-state index contributed by atoms with van der Waals surface area (Å²) in [5, 5.41) is 7.57. The van der Waals surface area contributed by atoms with Gasteiger partial charge in [-0.2, -0.15) is 0 Å². The number of hydrogen-bond donors (Lipinski definition) is 2. The molecular weight excluding hydrogens is 488 g/mol. The highest BCUT2D eigenvalue weighted by atomic mass is 35.5. The zero-order chi connectivity index (χ0) is 22.8. The summed E-state index contributed by atoms with van der Waals surface area (Å²) in [4.78, 5) is 27.0. The zero-order valence-electron chi connectivity index (χ0n) is 17.5. The van der Waals surface area contributed by atoms with Crippen LogP contribution in [0.5, 0.6) is 5.75 Å². The Morgan fingerprint density at radius 3 is 2.75 bits per heavy atom. The van der Waals surface area contributed by atoms with Gasteiger partial charge in [0.05, 0.1) is 24.3 Å². The number of esters is 1. The monoisotopic (exact) mass is 508 g/mol. The molecule has 1 aliphatic rings. The molecule has 3 aromatic rings. The Hall–Kier alpha value is -2.20. The average molecular weight is 509 g/mol. The van der Waals surface area contributed by atoms with Crippen molar-refractivity contribution >= 4 is 78.6 Å². The molecule has 2 N–H and O–H groups in total. The number of ether oxygens (including phenoxy) is 2. The number of halogens is 1. The molecule has 0 saturated heterocycles. The van der Waals surface area contributed by atoms with Crippen molar-refractivity contribution in [2.75, 3.05) is 19.0 Å². The van der Waals surface area contributed by atoms with E-state index < -0.39 is 5.91 Å². The first-order valence-electron chi connectivity index (χ1n) is 10.1. The van der Waals surface area contributed by atoms with Gasteiger partial charge in [0.1, 0.15) is 15.6 Å². The third-order valence-corrected chi connectivity index (χ3v) is 8.22. The van der Waals surface area contributed by atoms with Crippen LogP contribution in [0.3, 0.4) is 0 Å². The van der Waals surface area contributed by atoms with Gasteiger partial charge in [-0.1, -0.05) is 11.6 Å². The van der Waals surface area contributed by atoms with E-state index in [2.05, 4.69) is 10.6 Å². The van der Waals surface area contributed by atoms with Gasteiger partial charge in [0.15, 0.2) is 5.11 Å². The molecule has 1 aliphatic carbocycles. The predicted octanol–water partition coefficient (Wildman–Crippen LogP) is 5.81. The summed E-state index contributed by atoms with van der Waals surface area (Å²) in [6.45, 7) is 2.07. The van der Waals surface area contributed by atoms with Gasteiger partial charge in [0.25, 0.3) is 5.91 Å². The summed E-state index contributed by atoms with van der Waals surface area (Å²) in [6, 6.07) is 5.45. The van der Waals surface area contributed by atoms with Crippen molar-refractivity contribution in [1.82, 2.24) is 5.32 Å². The fourth-order valence-corrected chi connectivity index (χ4v) is 6.67. The first-order valence-corrected chi connectivity index (χ1v) is 12.5. The van der Waals surface area contributed by atoms with Gasteiger partial charge in [-0.25, -0.2) is 4.79 Å². The van der Waals surface area contributed by atoms with Crippen LogP contribution in [0.1, 0.15) is 50.2 Å². The van der Waals surface area contributed by atoms with E-state index in [0.29, 0.717) is 32.8 Å². The van der Waals surface area contributed by atoms with E-state index in [9.17, 15) is 9.59 Å². The number of amides is 1. The van der Waals surface area contributed by atoms with Crippen molar-refractivity contribution < 1.29 is 19.1 Å². The molecule has 4 rings (SSSR count). The van der Waals surface area contributed by atoms with Gasteiger partial charge >= 0.3 is 5.97 Å². The molecule has 1 aromatic carbocycles. The number of aryl methyl sites for hydroxylation is 1. The number of rotatable bonds is 5. The van der Waals surface area contributed by atoms with Crippen LogP contribution < -0.4 is 15.4 Å². The molecule has 0 fully saturated rings. The fourth-order valence-electron chi connectivity index (χ4n) is 3.69. The lowest BCUT2D eigenvalue weighted by atomic mass is 9.95. The number of hydrogen-bond acceptors (Lipinski definition) is 7. The van der Waals surface area contributed by atoms with Crippen LogP contribution >= 0.6 is 46.5 Å². The summed E-state index contributed by atoms with van der Waals surface area (Å²) in [5.41, 5.74) is 1.55. The van der Waals surface area contributed by atoms with Crippen molar-refractivity contribution in [3.8, 4) is 5.75 Å². The van der Waals surface area contributed by atoms with Crippen molar-refractivity contribution in [3.05, 3.63) is 44.1 Å². The first-order chi connectivity index (χ1) is 15.4. The van der Waals surface area contributed by atoms with Gasteiger partial charge in [0, 0.05) is 15.0 Å². The Morgan fingerprint density at radius 2 is 2.00 bits per heavy atom. The van der Waals surface area contributed by atoms with Crippen LogP contribution in [0.25, 0.3) is 10.1 Å². The van der Waals surface area contributed by atoms with Crippen LogP contribution in [0.4, 0.5) is 5.00 Å². The summed E-state index contributed by atoms with van der Waals surface area (Å²) in [6.07, 6.45) is 3.88. The number of thiophene rings is 2. The standard InChI is InChI=1S/C22H21ClN2O4S3/c1-3-29-21(27)16-12-6-4-5-7-14(12)32-20(16)25-22(30)24-19(26)18-17(23)13-9-8-11(28-2)10-15(13)31-18/h8-10H,3-7H2,1-2H3,(H2,24,25,26,30). The third-order valence-electron chi connectivity index (χ3n) is 5.15. The van der Waals surface area contributed by atoms with Crippen molar-refractivity contribution in [1.29, 1.82) is 0 Å². The maximum atomic E-state index is 12.9. The minimum Gasteiger partial charge on any atom is -0.497 e. The molecule has 0 saturated carbocycles. The lowest BCUT2D eigenvalue weighted by Gasteiger charge is -2.13. The van der Waals surface area contributed by atoms with E-state index in [0.717, 1.165) is 46.2 Å². The molecule has 0 unspecified atom stereocenters. The Morgan fingerprint density at radius 1 is 1.22 bits per heavy atom. The highest BCUT2D eigenvalue weighted by molar-refractivity contribution is 7.80. The largest absolute Gasteiger partial charge is 0.497 e. The zero-order valence-corrected chi connectivity index (χ0v) is 20.7. The summed E-state index contributed by atoms with van der Waals surface area (Å²) >= 11 is 14.6. The van der Waals surface area contributed by atoms with Crippen molar-refractivity contribution in [2.45, 2.75) is 32.6 Å². The number of fused-ring (bicyclic) bond motifs is 2. The van der Waals surface area contributed by atoms with E-state index >= 15 is 0 Å². The van der Waals surface area contributed by atoms with Crippen molar-refractivity contribution in [2.24, 2.45) is 0 Å². The van der Waals surface area contributed by atoms with E-state index in [-0.39, 0.29) is 11.1 Å². The SMILES string of the molecule is CCOC(=O)c1c(NC(=S)NC(=O)c2sc3cc(OC)ccc3c2Cl)sc2c1CCCC2. The molecule has 1 amide bonds. The molecule has 0 bridgehead atoms. The van der Waals surface area contributed by atoms with Crippen LogP contribution in [0.15, 0.2) is 18.2 Å². The highest BCUT2D eigenvalue weighted by Gasteiger charge is 2.27. The maximum absolute atomic E-state index is 12.9. The van der Waals surface area contributed by atoms with E-state index in [4.69, 9.17) is 33.3 Å². The second-order valence-corrected chi connectivity index (χ2v) is 10.1. The van der Waals surface area contributed by atoms with E-state index in [1.54, 1.807) is 20.1 Å². The Balaban J connectivity index is 1.55. The van der Waals surface area contributed by atoms with Crippen LogP contribution in [0.2, 0.25) is 5.02 Å². The van der Waals surface area contributed by atoms with Crippen LogP contribution in [-0.2, 0) is 17.6 Å². The topological polar surface area (TPSA) is 76.7 Å². The molecule has 168 valence electrons. The Labute approximate surface area is 203 Å². The highest BCUT2D eigenvalue weighted by Crippen LogP contribution is 2.39. The Kier molecular flexibility index (Phi) is 6.99. The number of carbonyl (C=O) groups excluding carboxylic acids is 2. The molecule has 0 radical (unpaired) electrons. The third kappa shape index (κ3) is 4.47. The predicted molar refractivity (Wildman–Crippen MR) is 134 cm³/mol. The lowest BCUT2D eigenvalue weighted by Crippen LogP contribution is -2.34. The lowest BCUT2D eigenvalue weighted by molar-refractivity contribution is 0.0526. The fraction of sp³-hybridized carbons (Fsp3) is 0.318.